The summed E-state index contributed by atoms with van der Waals surface area (Å²) in [6, 6.07) is 10.8. The monoisotopic (exact) mass is 322 g/mol. The van der Waals surface area contributed by atoms with Gasteiger partial charge in [0.15, 0.2) is 0 Å². The van der Waals surface area contributed by atoms with Gasteiger partial charge in [-0.25, -0.2) is 9.97 Å². The van der Waals surface area contributed by atoms with E-state index in [9.17, 15) is 0 Å². The minimum atomic E-state index is 1.05. The maximum Gasteiger partial charge on any atom is 0.135 e. The minimum absolute atomic E-state index is 1.05. The van der Waals surface area contributed by atoms with E-state index in [0.717, 1.165) is 45.6 Å². The fourth-order valence-electron chi connectivity index (χ4n) is 3.91. The molecule has 2 heterocycles. The number of hydrogen-bond acceptors (Lipinski definition) is 4. The Balaban J connectivity index is 1.43. The van der Waals surface area contributed by atoms with Crippen LogP contribution >= 0.6 is 0 Å². The van der Waals surface area contributed by atoms with E-state index in [1.807, 2.05) is 0 Å². The van der Waals surface area contributed by atoms with Crippen LogP contribution in [0.15, 0.2) is 36.7 Å². The topological polar surface area (TPSA) is 32.3 Å². The molecule has 0 saturated carbocycles. The molecular formula is C20H26N4. The molecule has 0 unspecified atom stereocenters. The largest absolute Gasteiger partial charge is 0.354 e. The highest BCUT2D eigenvalue weighted by Gasteiger charge is 2.22. The molecule has 126 valence electrons. The summed E-state index contributed by atoms with van der Waals surface area (Å²) >= 11 is 0. The molecule has 4 heteroatoms. The van der Waals surface area contributed by atoms with Crippen molar-refractivity contribution >= 4 is 5.82 Å². The van der Waals surface area contributed by atoms with Crippen LogP contribution in [0.3, 0.4) is 0 Å². The van der Waals surface area contributed by atoms with Crippen molar-refractivity contribution in [2.24, 2.45) is 0 Å². The molecule has 2 aromatic rings. The first-order valence-electron chi connectivity index (χ1n) is 9.24. The zero-order valence-electron chi connectivity index (χ0n) is 14.3. The van der Waals surface area contributed by atoms with E-state index in [0.29, 0.717) is 0 Å². The number of hydrogen-bond donors (Lipinski definition) is 0. The molecule has 24 heavy (non-hydrogen) atoms. The summed E-state index contributed by atoms with van der Waals surface area (Å²) in [4.78, 5) is 14.2. The Morgan fingerprint density at radius 2 is 1.62 bits per heavy atom. The first kappa shape index (κ1) is 15.6. The Kier molecular flexibility index (Phi) is 4.74. The highest BCUT2D eigenvalue weighted by molar-refractivity contribution is 5.49. The van der Waals surface area contributed by atoms with Crippen LogP contribution in [0.2, 0.25) is 0 Å². The summed E-state index contributed by atoms with van der Waals surface area (Å²) < 4.78 is 0. The Labute approximate surface area is 144 Å². The van der Waals surface area contributed by atoms with Crippen molar-refractivity contribution in [2.45, 2.75) is 38.6 Å². The lowest BCUT2D eigenvalue weighted by Crippen LogP contribution is -2.46. The van der Waals surface area contributed by atoms with E-state index in [4.69, 9.17) is 0 Å². The summed E-state index contributed by atoms with van der Waals surface area (Å²) in [5.74, 6) is 1.21. The van der Waals surface area contributed by atoms with Crippen LogP contribution in [0.25, 0.3) is 0 Å². The number of aromatic nitrogens is 2. The third kappa shape index (κ3) is 3.44. The van der Waals surface area contributed by atoms with Crippen LogP contribution in [0.5, 0.6) is 0 Å². The van der Waals surface area contributed by atoms with Crippen LogP contribution in [0, 0.1) is 0 Å². The van der Waals surface area contributed by atoms with Gasteiger partial charge in [-0.05, 0) is 31.2 Å². The fraction of sp³-hybridized carbons (Fsp3) is 0.500. The van der Waals surface area contributed by atoms with Crippen LogP contribution in [-0.4, -0.2) is 41.0 Å². The normalized spacial score (nSPS) is 18.9. The van der Waals surface area contributed by atoms with Crippen molar-refractivity contribution in [3.05, 3.63) is 53.5 Å². The molecule has 1 aromatic carbocycles. The van der Waals surface area contributed by atoms with Crippen LogP contribution in [0.4, 0.5) is 5.82 Å². The third-order valence-corrected chi connectivity index (χ3v) is 5.27. The quantitative estimate of drug-likeness (QED) is 0.813. The second-order valence-electron chi connectivity index (χ2n) is 6.93. The average Bonchev–Trinajstić information content (AvgIpc) is 2.89. The number of fused-ring (bicyclic) bond motifs is 1. The number of nitrogens with zero attached hydrogens (tertiary/aromatic N) is 4. The Morgan fingerprint density at radius 3 is 2.46 bits per heavy atom. The number of aryl methyl sites for hydroxylation is 1. The molecule has 1 aromatic heterocycles. The van der Waals surface area contributed by atoms with Crippen molar-refractivity contribution < 1.29 is 0 Å². The van der Waals surface area contributed by atoms with Gasteiger partial charge in [0, 0.05) is 44.0 Å². The number of benzene rings is 1. The molecule has 1 saturated heterocycles. The smallest absolute Gasteiger partial charge is 0.135 e. The van der Waals surface area contributed by atoms with Crippen molar-refractivity contribution in [1.29, 1.82) is 0 Å². The van der Waals surface area contributed by atoms with E-state index in [2.05, 4.69) is 50.1 Å². The summed E-state index contributed by atoms with van der Waals surface area (Å²) in [6.07, 6.45) is 7.92. The summed E-state index contributed by atoms with van der Waals surface area (Å²) in [6.45, 7) is 5.39. The molecule has 1 aliphatic carbocycles. The first-order chi connectivity index (χ1) is 11.9. The van der Waals surface area contributed by atoms with E-state index in [1.54, 1.807) is 6.33 Å². The molecule has 1 aliphatic heterocycles. The van der Waals surface area contributed by atoms with Gasteiger partial charge in [0.25, 0.3) is 0 Å². The van der Waals surface area contributed by atoms with Gasteiger partial charge in [-0.1, -0.05) is 36.8 Å². The van der Waals surface area contributed by atoms with Gasteiger partial charge in [-0.15, -0.1) is 0 Å². The standard InChI is InChI=1S/C20H26N4/c1-3-7-17(8-4-1)15-23-11-13-24(14-12-23)20-18-9-5-2-6-10-19(18)21-16-22-20/h1,3-4,7-8,16H,2,5-6,9-15H2. The van der Waals surface area contributed by atoms with E-state index in [-0.39, 0.29) is 0 Å². The van der Waals surface area contributed by atoms with Crippen LogP contribution in [-0.2, 0) is 19.4 Å². The predicted octanol–water partition coefficient (Wildman–Crippen LogP) is 3.07. The summed E-state index contributed by atoms with van der Waals surface area (Å²) in [5.41, 5.74) is 4.12. The first-order valence-corrected chi connectivity index (χ1v) is 9.24. The van der Waals surface area contributed by atoms with Gasteiger partial charge >= 0.3 is 0 Å². The fourth-order valence-corrected chi connectivity index (χ4v) is 3.91. The molecular weight excluding hydrogens is 296 g/mol. The SMILES string of the molecule is c1ccc(CN2CCN(c3ncnc4c3CCCCC4)CC2)cc1. The van der Waals surface area contributed by atoms with Gasteiger partial charge in [0.05, 0.1) is 0 Å². The number of anilines is 1. The highest BCUT2D eigenvalue weighted by atomic mass is 15.3. The second kappa shape index (κ2) is 7.31. The van der Waals surface area contributed by atoms with Gasteiger partial charge < -0.3 is 4.90 Å². The minimum Gasteiger partial charge on any atom is -0.354 e. The molecule has 4 nitrogen and oxygen atoms in total. The van der Waals surface area contributed by atoms with Gasteiger partial charge in [0.1, 0.15) is 12.1 Å². The molecule has 0 spiro atoms. The lowest BCUT2D eigenvalue weighted by atomic mass is 10.1. The highest BCUT2D eigenvalue weighted by Crippen LogP contribution is 2.27. The summed E-state index contributed by atoms with van der Waals surface area (Å²) in [7, 11) is 0. The average molecular weight is 322 g/mol. The number of piperazine rings is 1. The zero-order chi connectivity index (χ0) is 16.2. The van der Waals surface area contributed by atoms with Crippen molar-refractivity contribution in [3.63, 3.8) is 0 Å². The number of rotatable bonds is 3. The molecule has 0 N–H and O–H groups in total. The second-order valence-corrected chi connectivity index (χ2v) is 6.93. The van der Waals surface area contributed by atoms with Crippen molar-refractivity contribution in [2.75, 3.05) is 31.1 Å². The lowest BCUT2D eigenvalue weighted by molar-refractivity contribution is 0.249. The Hall–Kier alpha value is -1.94. The van der Waals surface area contributed by atoms with Crippen molar-refractivity contribution in [3.8, 4) is 0 Å². The molecule has 0 atom stereocenters. The zero-order valence-corrected chi connectivity index (χ0v) is 14.3. The lowest BCUT2D eigenvalue weighted by Gasteiger charge is -2.36. The molecule has 0 bridgehead atoms. The molecule has 0 amide bonds. The Bertz CT molecular complexity index is 663. The Morgan fingerprint density at radius 1 is 0.833 bits per heavy atom. The van der Waals surface area contributed by atoms with E-state index in [1.165, 1.54) is 41.9 Å². The third-order valence-electron chi connectivity index (χ3n) is 5.27. The van der Waals surface area contributed by atoms with Crippen LogP contribution < -0.4 is 4.90 Å². The molecule has 1 fully saturated rings. The molecule has 4 rings (SSSR count). The van der Waals surface area contributed by atoms with E-state index < -0.39 is 0 Å². The maximum absolute atomic E-state index is 4.66. The van der Waals surface area contributed by atoms with Crippen LogP contribution in [0.1, 0.15) is 36.1 Å². The summed E-state index contributed by atoms with van der Waals surface area (Å²) in [5, 5.41) is 0. The van der Waals surface area contributed by atoms with Gasteiger partial charge in [-0.2, -0.15) is 0 Å². The van der Waals surface area contributed by atoms with Gasteiger partial charge in [-0.3, -0.25) is 4.90 Å². The van der Waals surface area contributed by atoms with Gasteiger partial charge in [0.2, 0.25) is 0 Å². The molecule has 0 radical (unpaired) electrons. The maximum atomic E-state index is 4.66. The predicted molar refractivity (Wildman–Crippen MR) is 97.2 cm³/mol. The van der Waals surface area contributed by atoms with E-state index >= 15 is 0 Å². The van der Waals surface area contributed by atoms with Crippen molar-refractivity contribution in [1.82, 2.24) is 14.9 Å². The molecule has 2 aliphatic rings.